The number of pyridine rings is 1. The van der Waals surface area contributed by atoms with Gasteiger partial charge in [-0.3, -0.25) is 14.9 Å². The summed E-state index contributed by atoms with van der Waals surface area (Å²) >= 11 is 0. The number of nitrogens with zero attached hydrogens (tertiary/aromatic N) is 3. The molecule has 0 radical (unpaired) electrons. The third kappa shape index (κ3) is 4.43. The zero-order chi connectivity index (χ0) is 18.5. The van der Waals surface area contributed by atoms with Crippen molar-refractivity contribution >= 4 is 11.7 Å². The summed E-state index contributed by atoms with van der Waals surface area (Å²) in [6.45, 7) is 4.83. The predicted octanol–water partition coefficient (Wildman–Crippen LogP) is 3.20. The fourth-order valence-electron chi connectivity index (χ4n) is 3.08. The molecule has 1 fully saturated rings. The zero-order valence-corrected chi connectivity index (χ0v) is 14.8. The van der Waals surface area contributed by atoms with Crippen LogP contribution >= 0.6 is 0 Å². The minimum absolute atomic E-state index is 0.00623. The van der Waals surface area contributed by atoms with E-state index in [1.54, 1.807) is 0 Å². The Morgan fingerprint density at radius 3 is 2.81 bits per heavy atom. The normalized spacial score (nSPS) is 16.4. The molecule has 140 valence electrons. The highest BCUT2D eigenvalue weighted by Gasteiger charge is 2.21. The van der Waals surface area contributed by atoms with E-state index in [0.717, 1.165) is 31.9 Å². The maximum Gasteiger partial charge on any atom is 0.228 e. The van der Waals surface area contributed by atoms with Gasteiger partial charge in [0.15, 0.2) is 11.6 Å². The standard InChI is InChI=1S/C18H23F2N5O/c1-12(5-8-25-6-3-2-4-7-25)18(26)22-17-15(20)16(23-24-17)13-9-14(19)11-21-10-13/h9-12H,2-8H2,1H3,(H2,22,23,24,26). The summed E-state index contributed by atoms with van der Waals surface area (Å²) in [5, 5.41) is 8.81. The zero-order valence-electron chi connectivity index (χ0n) is 14.8. The van der Waals surface area contributed by atoms with E-state index in [1.807, 2.05) is 6.92 Å². The number of amides is 1. The summed E-state index contributed by atoms with van der Waals surface area (Å²) in [7, 11) is 0. The lowest BCUT2D eigenvalue weighted by Gasteiger charge is -2.27. The van der Waals surface area contributed by atoms with Crippen LogP contribution in [0.15, 0.2) is 18.5 Å². The maximum absolute atomic E-state index is 14.5. The van der Waals surface area contributed by atoms with Gasteiger partial charge in [-0.05, 0) is 45.0 Å². The molecule has 6 nitrogen and oxygen atoms in total. The van der Waals surface area contributed by atoms with Gasteiger partial charge >= 0.3 is 0 Å². The van der Waals surface area contributed by atoms with Gasteiger partial charge < -0.3 is 10.2 Å². The Balaban J connectivity index is 1.58. The topological polar surface area (TPSA) is 73.9 Å². The van der Waals surface area contributed by atoms with Crippen molar-refractivity contribution in [1.29, 1.82) is 0 Å². The summed E-state index contributed by atoms with van der Waals surface area (Å²) in [5.74, 6) is -2.02. The Morgan fingerprint density at radius 2 is 2.08 bits per heavy atom. The number of anilines is 1. The number of H-pyrrole nitrogens is 1. The van der Waals surface area contributed by atoms with Gasteiger partial charge in [-0.2, -0.15) is 5.10 Å². The number of carbonyl (C=O) groups excluding carboxylic acids is 1. The van der Waals surface area contributed by atoms with Gasteiger partial charge in [-0.25, -0.2) is 8.78 Å². The van der Waals surface area contributed by atoms with Crippen LogP contribution in [0.5, 0.6) is 0 Å². The van der Waals surface area contributed by atoms with Crippen LogP contribution in [-0.2, 0) is 4.79 Å². The molecule has 1 aliphatic rings. The molecule has 26 heavy (non-hydrogen) atoms. The van der Waals surface area contributed by atoms with Crippen molar-refractivity contribution in [3.63, 3.8) is 0 Å². The number of piperidine rings is 1. The number of aromatic nitrogens is 3. The van der Waals surface area contributed by atoms with Gasteiger partial charge in [-0.15, -0.1) is 0 Å². The largest absolute Gasteiger partial charge is 0.307 e. The monoisotopic (exact) mass is 363 g/mol. The Labute approximate surface area is 151 Å². The average molecular weight is 363 g/mol. The highest BCUT2D eigenvalue weighted by Crippen LogP contribution is 2.25. The fraction of sp³-hybridized carbons (Fsp3) is 0.500. The highest BCUT2D eigenvalue weighted by atomic mass is 19.1. The molecule has 2 N–H and O–H groups in total. The number of hydrogen-bond donors (Lipinski definition) is 2. The molecular formula is C18H23F2N5O. The Bertz CT molecular complexity index is 758. The number of likely N-dealkylation sites (tertiary alicyclic amines) is 1. The van der Waals surface area contributed by atoms with Crippen LogP contribution in [-0.4, -0.2) is 45.6 Å². The molecule has 2 aromatic rings. The number of hydrogen-bond acceptors (Lipinski definition) is 4. The molecule has 1 unspecified atom stereocenters. The summed E-state index contributed by atoms with van der Waals surface area (Å²) in [4.78, 5) is 18.4. The van der Waals surface area contributed by atoms with E-state index in [0.29, 0.717) is 6.42 Å². The molecule has 3 heterocycles. The lowest BCUT2D eigenvalue weighted by atomic mass is 10.1. The number of halogens is 2. The van der Waals surface area contributed by atoms with Crippen molar-refractivity contribution in [3.05, 3.63) is 30.1 Å². The lowest BCUT2D eigenvalue weighted by Crippen LogP contribution is -2.33. The van der Waals surface area contributed by atoms with Crippen molar-refractivity contribution < 1.29 is 13.6 Å². The van der Waals surface area contributed by atoms with E-state index >= 15 is 0 Å². The molecular weight excluding hydrogens is 340 g/mol. The Hall–Kier alpha value is -2.35. The molecule has 0 aliphatic carbocycles. The van der Waals surface area contributed by atoms with Crippen LogP contribution in [0.3, 0.4) is 0 Å². The molecule has 1 amide bonds. The first-order valence-electron chi connectivity index (χ1n) is 8.92. The summed E-state index contributed by atoms with van der Waals surface area (Å²) in [6.07, 6.45) is 6.75. The second-order valence-electron chi connectivity index (χ2n) is 6.73. The summed E-state index contributed by atoms with van der Waals surface area (Å²) in [5.41, 5.74) is 0.224. The molecule has 0 aromatic carbocycles. The molecule has 0 saturated carbocycles. The fourth-order valence-corrected chi connectivity index (χ4v) is 3.08. The van der Waals surface area contributed by atoms with Gasteiger partial charge in [0.2, 0.25) is 5.91 Å². The summed E-state index contributed by atoms with van der Waals surface area (Å²) < 4.78 is 27.7. The van der Waals surface area contributed by atoms with E-state index in [1.165, 1.54) is 25.5 Å². The van der Waals surface area contributed by atoms with Gasteiger partial charge in [0.1, 0.15) is 11.5 Å². The SMILES string of the molecule is CC(CCN1CCCCC1)C(=O)Nc1n[nH]c(-c2cncc(F)c2)c1F. The van der Waals surface area contributed by atoms with Crippen LogP contribution in [0.2, 0.25) is 0 Å². The average Bonchev–Trinajstić information content (AvgIpc) is 3.01. The minimum Gasteiger partial charge on any atom is -0.307 e. The minimum atomic E-state index is -0.728. The smallest absolute Gasteiger partial charge is 0.228 e. The first kappa shape index (κ1) is 18.4. The molecule has 1 atom stereocenters. The van der Waals surface area contributed by atoms with Crippen LogP contribution in [0.4, 0.5) is 14.6 Å². The van der Waals surface area contributed by atoms with Gasteiger partial charge in [0, 0.05) is 17.7 Å². The molecule has 2 aromatic heterocycles. The molecule has 0 bridgehead atoms. The van der Waals surface area contributed by atoms with Crippen molar-refractivity contribution in [2.45, 2.75) is 32.6 Å². The number of carbonyl (C=O) groups is 1. The third-order valence-corrected chi connectivity index (χ3v) is 4.72. The second-order valence-corrected chi connectivity index (χ2v) is 6.73. The van der Waals surface area contributed by atoms with Crippen LogP contribution in [0, 0.1) is 17.6 Å². The first-order chi connectivity index (χ1) is 12.5. The van der Waals surface area contributed by atoms with Gasteiger partial charge in [0.25, 0.3) is 0 Å². The van der Waals surface area contributed by atoms with Gasteiger partial charge in [0.05, 0.1) is 6.20 Å². The Kier molecular flexibility index (Phi) is 5.92. The second kappa shape index (κ2) is 8.35. The van der Waals surface area contributed by atoms with Crippen molar-refractivity contribution in [2.24, 2.45) is 5.92 Å². The Morgan fingerprint density at radius 1 is 1.31 bits per heavy atom. The quantitative estimate of drug-likeness (QED) is 0.827. The van der Waals surface area contributed by atoms with E-state index in [9.17, 15) is 13.6 Å². The molecule has 3 rings (SSSR count). The van der Waals surface area contributed by atoms with E-state index in [-0.39, 0.29) is 28.9 Å². The van der Waals surface area contributed by atoms with Crippen molar-refractivity contribution in [1.82, 2.24) is 20.1 Å². The highest BCUT2D eigenvalue weighted by molar-refractivity contribution is 5.92. The van der Waals surface area contributed by atoms with Crippen LogP contribution in [0.25, 0.3) is 11.3 Å². The van der Waals surface area contributed by atoms with E-state index < -0.39 is 11.6 Å². The molecule has 1 aliphatic heterocycles. The van der Waals surface area contributed by atoms with Crippen molar-refractivity contribution in [2.75, 3.05) is 25.0 Å². The number of rotatable bonds is 6. The first-order valence-corrected chi connectivity index (χ1v) is 8.92. The van der Waals surface area contributed by atoms with Gasteiger partial charge in [-0.1, -0.05) is 13.3 Å². The van der Waals surface area contributed by atoms with E-state index in [2.05, 4.69) is 25.4 Å². The molecule has 1 saturated heterocycles. The van der Waals surface area contributed by atoms with Crippen LogP contribution < -0.4 is 5.32 Å². The number of aromatic amines is 1. The molecule has 8 heteroatoms. The van der Waals surface area contributed by atoms with Crippen LogP contribution in [0.1, 0.15) is 32.6 Å². The number of nitrogens with one attached hydrogen (secondary N) is 2. The lowest BCUT2D eigenvalue weighted by molar-refractivity contribution is -0.119. The third-order valence-electron chi connectivity index (χ3n) is 4.72. The summed E-state index contributed by atoms with van der Waals surface area (Å²) in [6, 6.07) is 1.15. The predicted molar refractivity (Wildman–Crippen MR) is 94.4 cm³/mol. The van der Waals surface area contributed by atoms with E-state index in [4.69, 9.17) is 0 Å². The maximum atomic E-state index is 14.5. The van der Waals surface area contributed by atoms with Crippen molar-refractivity contribution in [3.8, 4) is 11.3 Å². The molecule has 0 spiro atoms.